The topological polar surface area (TPSA) is 45.8 Å². The molecule has 1 aliphatic carbocycles. The van der Waals surface area contributed by atoms with E-state index in [0.29, 0.717) is 5.92 Å². The maximum atomic E-state index is 11.7. The molecule has 2 rings (SSSR count). The molecule has 1 heterocycles. The van der Waals surface area contributed by atoms with Gasteiger partial charge in [0.15, 0.2) is 0 Å². The molecule has 1 aromatic rings. The Hall–Kier alpha value is -1.12. The molecule has 1 saturated carbocycles. The van der Waals surface area contributed by atoms with Crippen LogP contribution in [0.1, 0.15) is 55.6 Å². The van der Waals surface area contributed by atoms with Gasteiger partial charge in [0.2, 0.25) is 0 Å². The second kappa shape index (κ2) is 4.40. The van der Waals surface area contributed by atoms with E-state index in [1.54, 1.807) is 0 Å². The number of aryl methyl sites for hydroxylation is 1. The highest BCUT2D eigenvalue weighted by atomic mass is 16.1. The quantitative estimate of drug-likeness (QED) is 0.791. The molecule has 0 bridgehead atoms. The zero-order valence-corrected chi connectivity index (χ0v) is 10.3. The summed E-state index contributed by atoms with van der Waals surface area (Å²) in [5.41, 5.74) is 1.64. The number of rotatable bonds is 1. The van der Waals surface area contributed by atoms with Crippen molar-refractivity contribution in [2.45, 2.75) is 52.4 Å². The van der Waals surface area contributed by atoms with Crippen LogP contribution in [-0.2, 0) is 0 Å². The minimum atomic E-state index is 0.0285. The van der Waals surface area contributed by atoms with E-state index < -0.39 is 0 Å². The van der Waals surface area contributed by atoms with Crippen LogP contribution in [0.3, 0.4) is 0 Å². The zero-order chi connectivity index (χ0) is 11.7. The second-order valence-electron chi connectivity index (χ2n) is 5.13. The van der Waals surface area contributed by atoms with Crippen LogP contribution in [0.15, 0.2) is 4.79 Å². The van der Waals surface area contributed by atoms with E-state index in [1.165, 1.54) is 12.8 Å². The fourth-order valence-corrected chi connectivity index (χ4v) is 2.54. The van der Waals surface area contributed by atoms with Crippen LogP contribution in [0.2, 0.25) is 0 Å². The molecule has 0 amide bonds. The van der Waals surface area contributed by atoms with E-state index >= 15 is 0 Å². The van der Waals surface area contributed by atoms with Gasteiger partial charge in [-0.25, -0.2) is 4.98 Å². The number of nitrogens with one attached hydrogen (secondary N) is 1. The predicted molar refractivity (Wildman–Crippen MR) is 64.7 cm³/mol. The fourth-order valence-electron chi connectivity index (χ4n) is 2.54. The summed E-state index contributed by atoms with van der Waals surface area (Å²) in [5.74, 6) is 2.11. The number of nitrogens with zero attached hydrogens (tertiary/aromatic N) is 1. The Bertz CT molecular complexity index is 436. The number of aromatic nitrogens is 2. The maximum Gasteiger partial charge on any atom is 0.254 e. The van der Waals surface area contributed by atoms with Crippen LogP contribution in [-0.4, -0.2) is 9.97 Å². The normalized spacial score (nSPS) is 25.7. The molecule has 1 fully saturated rings. The molecule has 16 heavy (non-hydrogen) atoms. The summed E-state index contributed by atoms with van der Waals surface area (Å²) in [6.45, 7) is 6.03. The third-order valence-electron chi connectivity index (χ3n) is 3.74. The van der Waals surface area contributed by atoms with Crippen molar-refractivity contribution < 1.29 is 0 Å². The lowest BCUT2D eigenvalue weighted by atomic mass is 9.82. The van der Waals surface area contributed by atoms with Gasteiger partial charge >= 0.3 is 0 Å². The maximum absolute atomic E-state index is 11.7. The predicted octanol–water partition coefficient (Wildman–Crippen LogP) is 2.68. The Morgan fingerprint density at radius 1 is 1.31 bits per heavy atom. The number of H-pyrrole nitrogens is 1. The lowest BCUT2D eigenvalue weighted by Crippen LogP contribution is -2.21. The number of hydrogen-bond acceptors (Lipinski definition) is 2. The molecule has 2 atom stereocenters. The molecule has 1 aliphatic rings. The largest absolute Gasteiger partial charge is 0.310 e. The summed E-state index contributed by atoms with van der Waals surface area (Å²) in [6.07, 6.45) is 4.88. The third kappa shape index (κ3) is 2.18. The summed E-state index contributed by atoms with van der Waals surface area (Å²) in [6, 6.07) is 0. The summed E-state index contributed by atoms with van der Waals surface area (Å²) in [7, 11) is 0. The molecule has 3 nitrogen and oxygen atoms in total. The lowest BCUT2D eigenvalue weighted by Gasteiger charge is -2.26. The minimum Gasteiger partial charge on any atom is -0.310 e. The van der Waals surface area contributed by atoms with E-state index in [9.17, 15) is 4.79 Å². The van der Waals surface area contributed by atoms with Gasteiger partial charge in [-0.05, 0) is 32.6 Å². The van der Waals surface area contributed by atoms with Crippen molar-refractivity contribution in [1.82, 2.24) is 9.97 Å². The van der Waals surface area contributed by atoms with E-state index in [-0.39, 0.29) is 5.56 Å². The van der Waals surface area contributed by atoms with Crippen molar-refractivity contribution in [3.8, 4) is 0 Å². The molecule has 1 N–H and O–H groups in total. The van der Waals surface area contributed by atoms with Gasteiger partial charge in [-0.3, -0.25) is 4.79 Å². The van der Waals surface area contributed by atoms with E-state index in [2.05, 4.69) is 16.9 Å². The first-order valence-electron chi connectivity index (χ1n) is 6.15. The monoisotopic (exact) mass is 220 g/mol. The average Bonchev–Trinajstić information content (AvgIpc) is 2.25. The van der Waals surface area contributed by atoms with Crippen molar-refractivity contribution >= 4 is 0 Å². The standard InChI is InChI=1S/C13H20N2O/c1-8-5-4-6-11(7-8)12-14-10(3)9(2)13(16)15-12/h8,11H,4-7H2,1-3H3,(H,14,15,16). The van der Waals surface area contributed by atoms with Crippen LogP contribution in [0.5, 0.6) is 0 Å². The molecular formula is C13H20N2O. The SMILES string of the molecule is Cc1nc(C2CCCC(C)C2)[nH]c(=O)c1C. The third-order valence-corrected chi connectivity index (χ3v) is 3.74. The van der Waals surface area contributed by atoms with Crippen LogP contribution < -0.4 is 5.56 Å². The highest BCUT2D eigenvalue weighted by molar-refractivity contribution is 5.15. The van der Waals surface area contributed by atoms with E-state index in [1.807, 2.05) is 13.8 Å². The smallest absolute Gasteiger partial charge is 0.254 e. The fraction of sp³-hybridized carbons (Fsp3) is 0.692. The first-order valence-corrected chi connectivity index (χ1v) is 6.15. The van der Waals surface area contributed by atoms with Gasteiger partial charge in [0.05, 0.1) is 0 Å². The summed E-state index contributed by atoms with van der Waals surface area (Å²) in [4.78, 5) is 19.2. The van der Waals surface area contributed by atoms with E-state index in [4.69, 9.17) is 0 Å². The van der Waals surface area contributed by atoms with Gasteiger partial charge in [0.25, 0.3) is 5.56 Å². The summed E-state index contributed by atoms with van der Waals surface area (Å²) in [5, 5.41) is 0. The second-order valence-corrected chi connectivity index (χ2v) is 5.13. The van der Waals surface area contributed by atoms with Crippen molar-refractivity contribution in [3.63, 3.8) is 0 Å². The van der Waals surface area contributed by atoms with Gasteiger partial charge in [-0.2, -0.15) is 0 Å². The first-order chi connectivity index (χ1) is 7.58. The number of hydrogen-bond donors (Lipinski definition) is 1. The molecule has 88 valence electrons. The van der Waals surface area contributed by atoms with E-state index in [0.717, 1.165) is 35.8 Å². The summed E-state index contributed by atoms with van der Waals surface area (Å²) >= 11 is 0. The molecule has 1 aromatic heterocycles. The Morgan fingerprint density at radius 2 is 2.06 bits per heavy atom. The minimum absolute atomic E-state index is 0.0285. The van der Waals surface area contributed by atoms with Gasteiger partial charge in [-0.1, -0.05) is 19.8 Å². The van der Waals surface area contributed by atoms with Gasteiger partial charge < -0.3 is 4.98 Å². The molecule has 0 aromatic carbocycles. The van der Waals surface area contributed by atoms with Gasteiger partial charge in [0.1, 0.15) is 5.82 Å². The van der Waals surface area contributed by atoms with Crippen molar-refractivity contribution in [2.24, 2.45) is 5.92 Å². The molecule has 0 aliphatic heterocycles. The Labute approximate surface area is 96.3 Å². The molecule has 2 unspecified atom stereocenters. The Kier molecular flexibility index (Phi) is 3.13. The molecule has 3 heteroatoms. The number of aromatic amines is 1. The lowest BCUT2D eigenvalue weighted by molar-refractivity contribution is 0.334. The van der Waals surface area contributed by atoms with Crippen molar-refractivity contribution in [2.75, 3.05) is 0 Å². The van der Waals surface area contributed by atoms with Crippen molar-refractivity contribution in [1.29, 1.82) is 0 Å². The van der Waals surface area contributed by atoms with Crippen LogP contribution >= 0.6 is 0 Å². The molecular weight excluding hydrogens is 200 g/mol. The van der Waals surface area contributed by atoms with Gasteiger partial charge in [-0.15, -0.1) is 0 Å². The van der Waals surface area contributed by atoms with Crippen molar-refractivity contribution in [3.05, 3.63) is 27.4 Å². The Morgan fingerprint density at radius 3 is 2.69 bits per heavy atom. The van der Waals surface area contributed by atoms with Crippen LogP contribution in [0.4, 0.5) is 0 Å². The van der Waals surface area contributed by atoms with Gasteiger partial charge in [0, 0.05) is 17.2 Å². The molecule has 0 spiro atoms. The van der Waals surface area contributed by atoms with Crippen LogP contribution in [0, 0.1) is 19.8 Å². The molecule has 0 radical (unpaired) electrons. The molecule has 0 saturated heterocycles. The Balaban J connectivity index is 2.30. The highest BCUT2D eigenvalue weighted by Gasteiger charge is 2.22. The first kappa shape index (κ1) is 11.4. The van der Waals surface area contributed by atoms with Crippen LogP contribution in [0.25, 0.3) is 0 Å². The average molecular weight is 220 g/mol. The zero-order valence-electron chi connectivity index (χ0n) is 10.3. The summed E-state index contributed by atoms with van der Waals surface area (Å²) < 4.78 is 0. The highest BCUT2D eigenvalue weighted by Crippen LogP contribution is 2.33.